The van der Waals surface area contributed by atoms with Crippen molar-refractivity contribution in [1.82, 2.24) is 4.72 Å². The molecular weight excluding hydrogens is 374 g/mol. The lowest BCUT2D eigenvalue weighted by molar-refractivity contribution is -0.116. The molecule has 0 radical (unpaired) electrons. The van der Waals surface area contributed by atoms with Gasteiger partial charge in [-0.25, -0.2) is 21.9 Å². The molecule has 5 nitrogen and oxygen atoms in total. The number of hydrogen-bond acceptors (Lipinski definition) is 3. The Balaban J connectivity index is 1.92. The van der Waals surface area contributed by atoms with Gasteiger partial charge in [-0.05, 0) is 48.9 Å². The minimum absolute atomic E-state index is 0.134. The average molecular weight is 389 g/mol. The van der Waals surface area contributed by atoms with Gasteiger partial charge in [-0.3, -0.25) is 4.79 Å². The molecule has 2 aromatic carbocycles. The Labute approximate surface area is 149 Å². The third-order valence-electron chi connectivity index (χ3n) is 3.31. The Kier molecular flexibility index (Phi) is 6.10. The normalized spacial score (nSPS) is 11.4. The highest BCUT2D eigenvalue weighted by Gasteiger charge is 2.16. The van der Waals surface area contributed by atoms with Crippen LogP contribution in [0.4, 0.5) is 14.5 Å². The number of nitrogens with one attached hydrogen (secondary N) is 2. The number of aryl methyl sites for hydroxylation is 1. The molecule has 0 unspecified atom stereocenters. The lowest BCUT2D eigenvalue weighted by Crippen LogP contribution is -2.28. The number of hydrogen-bond donors (Lipinski definition) is 2. The van der Waals surface area contributed by atoms with Crippen molar-refractivity contribution < 1.29 is 22.0 Å². The summed E-state index contributed by atoms with van der Waals surface area (Å²) in [5.41, 5.74) is 1.33. The molecule has 2 rings (SSSR count). The summed E-state index contributed by atoms with van der Waals surface area (Å²) in [6, 6.07) is 7.19. The zero-order valence-electron chi connectivity index (χ0n) is 13.1. The van der Waals surface area contributed by atoms with Crippen LogP contribution in [0.3, 0.4) is 0 Å². The van der Waals surface area contributed by atoms with E-state index in [0.717, 1.165) is 17.7 Å². The Bertz CT molecular complexity index is 904. The number of benzene rings is 2. The van der Waals surface area contributed by atoms with Gasteiger partial charge in [0.15, 0.2) is 11.6 Å². The van der Waals surface area contributed by atoms with Crippen molar-refractivity contribution in [1.29, 1.82) is 0 Å². The smallest absolute Gasteiger partial charge is 0.240 e. The van der Waals surface area contributed by atoms with Crippen LogP contribution in [0.1, 0.15) is 12.0 Å². The van der Waals surface area contributed by atoms with Crippen molar-refractivity contribution >= 4 is 33.2 Å². The molecule has 0 aromatic heterocycles. The molecule has 134 valence electrons. The second kappa shape index (κ2) is 7.90. The Morgan fingerprint density at radius 3 is 2.48 bits per heavy atom. The second-order valence-electron chi connectivity index (χ2n) is 5.23. The summed E-state index contributed by atoms with van der Waals surface area (Å²) >= 11 is 5.83. The van der Waals surface area contributed by atoms with Crippen LogP contribution in [0.2, 0.25) is 5.02 Å². The van der Waals surface area contributed by atoms with E-state index in [4.69, 9.17) is 11.6 Å². The highest BCUT2D eigenvalue weighted by molar-refractivity contribution is 7.89. The Hall–Kier alpha value is -2.03. The largest absolute Gasteiger partial charge is 0.326 e. The van der Waals surface area contributed by atoms with Gasteiger partial charge in [0, 0.05) is 23.7 Å². The van der Waals surface area contributed by atoms with Gasteiger partial charge in [-0.2, -0.15) is 0 Å². The minimum atomic E-state index is -4.04. The van der Waals surface area contributed by atoms with E-state index in [9.17, 15) is 22.0 Å². The van der Waals surface area contributed by atoms with Gasteiger partial charge in [0.2, 0.25) is 15.9 Å². The predicted molar refractivity (Wildman–Crippen MR) is 91.0 cm³/mol. The third-order valence-corrected chi connectivity index (χ3v) is 5.00. The van der Waals surface area contributed by atoms with Crippen LogP contribution in [-0.4, -0.2) is 20.9 Å². The van der Waals surface area contributed by atoms with Crippen LogP contribution >= 0.6 is 11.6 Å². The second-order valence-corrected chi connectivity index (χ2v) is 7.43. The number of anilines is 1. The van der Waals surface area contributed by atoms with Gasteiger partial charge in [0.1, 0.15) is 0 Å². The van der Waals surface area contributed by atoms with Crippen molar-refractivity contribution in [3.05, 3.63) is 58.6 Å². The molecule has 2 aromatic rings. The number of halogens is 3. The molecule has 0 fully saturated rings. The van der Waals surface area contributed by atoms with E-state index in [0.29, 0.717) is 16.8 Å². The lowest BCUT2D eigenvalue weighted by Gasteiger charge is -2.10. The van der Waals surface area contributed by atoms with E-state index >= 15 is 0 Å². The number of carbonyl (C=O) groups is 1. The van der Waals surface area contributed by atoms with Crippen LogP contribution in [0.25, 0.3) is 0 Å². The zero-order chi connectivity index (χ0) is 18.6. The quantitative estimate of drug-likeness (QED) is 0.797. The Morgan fingerprint density at radius 2 is 1.84 bits per heavy atom. The van der Waals surface area contributed by atoms with Gasteiger partial charge >= 0.3 is 0 Å². The van der Waals surface area contributed by atoms with Gasteiger partial charge in [0.25, 0.3) is 0 Å². The van der Waals surface area contributed by atoms with Crippen molar-refractivity contribution in [2.24, 2.45) is 0 Å². The number of carbonyl (C=O) groups excluding carboxylic acids is 1. The van der Waals surface area contributed by atoms with Crippen LogP contribution in [0, 0.1) is 18.6 Å². The van der Waals surface area contributed by atoms with Crippen LogP contribution in [-0.2, 0) is 14.8 Å². The summed E-state index contributed by atoms with van der Waals surface area (Å²) in [6.45, 7) is 1.58. The molecule has 0 aliphatic carbocycles. The maximum absolute atomic E-state index is 13.1. The van der Waals surface area contributed by atoms with Gasteiger partial charge < -0.3 is 5.32 Å². The summed E-state index contributed by atoms with van der Waals surface area (Å²) in [5, 5.41) is 3.17. The van der Waals surface area contributed by atoms with E-state index < -0.39 is 32.5 Å². The summed E-state index contributed by atoms with van der Waals surface area (Å²) in [4.78, 5) is 11.5. The van der Waals surface area contributed by atoms with E-state index in [-0.39, 0.29) is 13.0 Å². The first kappa shape index (κ1) is 19.3. The summed E-state index contributed by atoms with van der Waals surface area (Å²) in [6.07, 6.45) is -0.134. The van der Waals surface area contributed by atoms with Crippen molar-refractivity contribution in [3.63, 3.8) is 0 Å². The van der Waals surface area contributed by atoms with Crippen LogP contribution in [0.5, 0.6) is 0 Å². The fourth-order valence-electron chi connectivity index (χ4n) is 2.01. The number of amides is 1. The van der Waals surface area contributed by atoms with E-state index in [2.05, 4.69) is 10.0 Å². The van der Waals surface area contributed by atoms with E-state index in [1.165, 1.54) is 0 Å². The molecule has 25 heavy (non-hydrogen) atoms. The SMILES string of the molecule is Cc1cc(Cl)ccc1NC(=O)CCNS(=O)(=O)c1ccc(F)c(F)c1. The molecule has 0 saturated carbocycles. The average Bonchev–Trinajstić information content (AvgIpc) is 2.52. The first-order chi connectivity index (χ1) is 11.7. The monoisotopic (exact) mass is 388 g/mol. The summed E-state index contributed by atoms with van der Waals surface area (Å²) < 4.78 is 52.1. The van der Waals surface area contributed by atoms with Crippen molar-refractivity contribution in [2.45, 2.75) is 18.2 Å². The van der Waals surface area contributed by atoms with E-state index in [1.807, 2.05) is 0 Å². The molecule has 9 heteroatoms. The molecule has 0 aliphatic heterocycles. The predicted octanol–water partition coefficient (Wildman–Crippen LogP) is 3.23. The zero-order valence-corrected chi connectivity index (χ0v) is 14.7. The molecule has 0 heterocycles. The van der Waals surface area contributed by atoms with Crippen LogP contribution in [0.15, 0.2) is 41.3 Å². The highest BCUT2D eigenvalue weighted by Crippen LogP contribution is 2.19. The first-order valence-corrected chi connectivity index (χ1v) is 9.06. The molecule has 1 amide bonds. The molecule has 2 N–H and O–H groups in total. The number of rotatable bonds is 6. The first-order valence-electron chi connectivity index (χ1n) is 7.20. The van der Waals surface area contributed by atoms with E-state index in [1.54, 1.807) is 25.1 Å². The highest BCUT2D eigenvalue weighted by atomic mass is 35.5. The fraction of sp³-hybridized carbons (Fsp3) is 0.188. The molecular formula is C16H15ClF2N2O3S. The van der Waals surface area contributed by atoms with Crippen molar-refractivity contribution in [2.75, 3.05) is 11.9 Å². The molecule has 0 spiro atoms. The van der Waals surface area contributed by atoms with Gasteiger partial charge in [-0.1, -0.05) is 11.6 Å². The molecule has 0 atom stereocenters. The molecule has 0 aliphatic rings. The molecule has 0 bridgehead atoms. The topological polar surface area (TPSA) is 75.3 Å². The van der Waals surface area contributed by atoms with Gasteiger partial charge in [0.05, 0.1) is 4.90 Å². The molecule has 0 saturated heterocycles. The summed E-state index contributed by atoms with van der Waals surface area (Å²) in [7, 11) is -4.04. The third kappa shape index (κ3) is 5.22. The fourth-order valence-corrected chi connectivity index (χ4v) is 3.28. The lowest BCUT2D eigenvalue weighted by atomic mass is 10.2. The standard InChI is InChI=1S/C16H15ClF2N2O3S/c1-10-8-11(17)2-5-15(10)21-16(22)6-7-20-25(23,24)12-3-4-13(18)14(19)9-12/h2-5,8-9,20H,6-7H2,1H3,(H,21,22). The summed E-state index contributed by atoms with van der Waals surface area (Å²) in [5.74, 6) is -2.81. The maximum Gasteiger partial charge on any atom is 0.240 e. The Morgan fingerprint density at radius 1 is 1.12 bits per heavy atom. The van der Waals surface area contributed by atoms with Crippen molar-refractivity contribution in [3.8, 4) is 0 Å². The number of sulfonamides is 1. The van der Waals surface area contributed by atoms with Gasteiger partial charge in [-0.15, -0.1) is 0 Å². The van der Waals surface area contributed by atoms with Crippen LogP contribution < -0.4 is 10.0 Å². The minimum Gasteiger partial charge on any atom is -0.326 e. The maximum atomic E-state index is 13.1.